The fraction of sp³-hybridized carbons (Fsp3) is 0.219. The summed E-state index contributed by atoms with van der Waals surface area (Å²) in [6, 6.07) is 19.4. The van der Waals surface area contributed by atoms with Crippen LogP contribution in [0.5, 0.6) is 0 Å². The predicted octanol–water partition coefficient (Wildman–Crippen LogP) is 3.70. The molecule has 5 aromatic rings. The minimum Gasteiger partial charge on any atom is -0.362 e. The van der Waals surface area contributed by atoms with E-state index in [1.54, 1.807) is 25.5 Å². The molecule has 0 aliphatic heterocycles. The molecule has 3 aromatic heterocycles. The summed E-state index contributed by atoms with van der Waals surface area (Å²) in [6.07, 6.45) is 1.72. The number of carbonyl (C=O) groups is 2. The van der Waals surface area contributed by atoms with Crippen LogP contribution in [0.25, 0.3) is 11.4 Å². The lowest BCUT2D eigenvalue weighted by Crippen LogP contribution is -2.47. The number of benzene rings is 2. The molecular weight excluding hydrogens is 562 g/mol. The van der Waals surface area contributed by atoms with Crippen molar-refractivity contribution in [3.8, 4) is 11.4 Å². The molecule has 5 rings (SSSR count). The van der Waals surface area contributed by atoms with Gasteiger partial charge in [0.15, 0.2) is 11.4 Å². The summed E-state index contributed by atoms with van der Waals surface area (Å²) >= 11 is 0. The van der Waals surface area contributed by atoms with Crippen LogP contribution in [0, 0.1) is 20.8 Å². The lowest BCUT2D eigenvalue weighted by molar-refractivity contribution is 0.0904. The summed E-state index contributed by atoms with van der Waals surface area (Å²) in [4.78, 5) is 51.3. The Balaban J connectivity index is 1.32. The summed E-state index contributed by atoms with van der Waals surface area (Å²) in [7, 11) is 0. The van der Waals surface area contributed by atoms with Crippen LogP contribution in [0.4, 0.5) is 5.69 Å². The number of aromatic nitrogens is 5. The summed E-state index contributed by atoms with van der Waals surface area (Å²) < 4.78 is 7.91. The van der Waals surface area contributed by atoms with Gasteiger partial charge in [-0.2, -0.15) is 10.2 Å². The van der Waals surface area contributed by atoms with Crippen molar-refractivity contribution < 1.29 is 14.1 Å². The summed E-state index contributed by atoms with van der Waals surface area (Å²) in [5.41, 5.74) is 2.08. The minimum absolute atomic E-state index is 0.193. The Morgan fingerprint density at radius 2 is 1.34 bits per heavy atom. The molecule has 2 amide bonds. The summed E-state index contributed by atoms with van der Waals surface area (Å²) in [5, 5.41) is 17.9. The van der Waals surface area contributed by atoms with Crippen LogP contribution >= 0.6 is 0 Å². The van der Waals surface area contributed by atoms with E-state index < -0.39 is 28.2 Å². The van der Waals surface area contributed by atoms with E-state index in [-0.39, 0.29) is 11.4 Å². The second-order valence-electron chi connectivity index (χ2n) is 11.1. The molecule has 44 heavy (non-hydrogen) atoms. The lowest BCUT2D eigenvalue weighted by atomic mass is 9.94. The van der Waals surface area contributed by atoms with Gasteiger partial charge in [0, 0.05) is 29.1 Å². The zero-order valence-corrected chi connectivity index (χ0v) is 24.9. The van der Waals surface area contributed by atoms with Gasteiger partial charge in [-0.25, -0.2) is 9.36 Å². The summed E-state index contributed by atoms with van der Waals surface area (Å²) in [5.74, 6) is -1.25. The van der Waals surface area contributed by atoms with Crippen LogP contribution in [-0.2, 0) is 6.42 Å². The number of aryl methyl sites for hydroxylation is 3. The van der Waals surface area contributed by atoms with Crippen LogP contribution in [0.1, 0.15) is 57.5 Å². The third-order valence-corrected chi connectivity index (χ3v) is 6.92. The number of nitrogens with zero attached hydrogens (tertiary/aromatic N) is 5. The molecule has 0 saturated heterocycles. The van der Waals surface area contributed by atoms with Crippen LogP contribution in [0.15, 0.2) is 87.1 Å². The fourth-order valence-electron chi connectivity index (χ4n) is 4.77. The Bertz CT molecular complexity index is 1970. The monoisotopic (exact) mass is 593 g/mol. The molecule has 224 valence electrons. The topological polar surface area (TPSA) is 154 Å². The van der Waals surface area contributed by atoms with Crippen molar-refractivity contribution in [1.82, 2.24) is 30.0 Å². The van der Waals surface area contributed by atoms with Crippen molar-refractivity contribution in [3.63, 3.8) is 0 Å². The standard InChI is InChI=1S/C32H31N7O5/c1-19-16-27(41)29(36-38(19)23-9-7-6-8-10-23)31(43)34-32(4,5)17-22-11-13-24(14-12-22)39-20(2)15-26(40)28(35-39)30(42)33-25-18-44-37-21(25)3/h6-16,18H,17H2,1-5H3,(H,33,42)(H,34,43). The Morgan fingerprint density at radius 1 is 0.795 bits per heavy atom. The number of hydrogen-bond acceptors (Lipinski definition) is 8. The third kappa shape index (κ3) is 6.38. The molecule has 0 fully saturated rings. The Hall–Kier alpha value is -5.65. The summed E-state index contributed by atoms with van der Waals surface area (Å²) in [6.45, 7) is 8.86. The van der Waals surface area contributed by atoms with Gasteiger partial charge in [0.05, 0.1) is 11.4 Å². The maximum Gasteiger partial charge on any atom is 0.280 e. The number of carbonyl (C=O) groups excluding carboxylic acids is 2. The molecule has 12 heteroatoms. The van der Waals surface area contributed by atoms with Crippen molar-refractivity contribution in [3.05, 3.63) is 127 Å². The van der Waals surface area contributed by atoms with E-state index in [0.29, 0.717) is 34.9 Å². The Kier molecular flexibility index (Phi) is 8.08. The molecule has 0 bridgehead atoms. The van der Waals surface area contributed by atoms with Gasteiger partial charge in [-0.3, -0.25) is 19.2 Å². The van der Waals surface area contributed by atoms with Gasteiger partial charge in [-0.1, -0.05) is 35.5 Å². The molecule has 0 unspecified atom stereocenters. The molecule has 0 spiro atoms. The minimum atomic E-state index is -0.730. The SMILES string of the molecule is Cc1nocc1NC(=O)c1nn(-c2ccc(CC(C)(C)NC(=O)c3nn(-c4ccccc4)c(C)cc3=O)cc2)c(C)cc1=O. The molecule has 0 aliphatic rings. The van der Waals surface area contributed by atoms with Crippen molar-refractivity contribution in [2.75, 3.05) is 5.32 Å². The van der Waals surface area contributed by atoms with E-state index in [0.717, 1.165) is 11.3 Å². The molecular formula is C32H31N7O5. The maximum atomic E-state index is 13.2. The molecule has 3 heterocycles. The normalized spacial score (nSPS) is 11.3. The van der Waals surface area contributed by atoms with E-state index >= 15 is 0 Å². The Morgan fingerprint density at radius 3 is 1.89 bits per heavy atom. The number of anilines is 1. The average Bonchev–Trinajstić information content (AvgIpc) is 3.37. The van der Waals surface area contributed by atoms with Crippen molar-refractivity contribution in [2.45, 2.75) is 46.6 Å². The van der Waals surface area contributed by atoms with Gasteiger partial charge in [0.25, 0.3) is 11.8 Å². The lowest BCUT2D eigenvalue weighted by Gasteiger charge is -2.26. The predicted molar refractivity (Wildman–Crippen MR) is 164 cm³/mol. The van der Waals surface area contributed by atoms with Gasteiger partial charge in [-0.05, 0) is 70.9 Å². The van der Waals surface area contributed by atoms with E-state index in [9.17, 15) is 19.2 Å². The second-order valence-corrected chi connectivity index (χ2v) is 11.1. The first-order valence-electron chi connectivity index (χ1n) is 13.8. The molecule has 12 nitrogen and oxygen atoms in total. The first-order valence-corrected chi connectivity index (χ1v) is 13.8. The van der Waals surface area contributed by atoms with Gasteiger partial charge in [0.1, 0.15) is 17.6 Å². The van der Waals surface area contributed by atoms with Crippen molar-refractivity contribution in [2.24, 2.45) is 0 Å². The van der Waals surface area contributed by atoms with E-state index in [1.165, 1.54) is 23.1 Å². The quantitative estimate of drug-likeness (QED) is 0.276. The molecule has 0 aliphatic carbocycles. The number of amides is 2. The number of nitrogens with one attached hydrogen (secondary N) is 2. The molecule has 0 atom stereocenters. The van der Waals surface area contributed by atoms with Gasteiger partial charge in [-0.15, -0.1) is 0 Å². The number of hydrogen-bond donors (Lipinski definition) is 2. The van der Waals surface area contributed by atoms with Gasteiger partial charge < -0.3 is 15.2 Å². The zero-order chi connectivity index (χ0) is 31.6. The van der Waals surface area contributed by atoms with Crippen molar-refractivity contribution >= 4 is 17.5 Å². The smallest absolute Gasteiger partial charge is 0.280 e. The average molecular weight is 594 g/mol. The van der Waals surface area contributed by atoms with Crippen LogP contribution < -0.4 is 21.5 Å². The molecule has 2 aromatic carbocycles. The largest absolute Gasteiger partial charge is 0.362 e. The molecule has 2 N–H and O–H groups in total. The fourth-order valence-corrected chi connectivity index (χ4v) is 4.77. The van der Waals surface area contributed by atoms with Gasteiger partial charge in [0.2, 0.25) is 10.9 Å². The highest BCUT2D eigenvalue weighted by atomic mass is 16.5. The van der Waals surface area contributed by atoms with Crippen LogP contribution in [-0.4, -0.2) is 42.1 Å². The number of para-hydroxylation sites is 1. The third-order valence-electron chi connectivity index (χ3n) is 6.92. The Labute approximate surface area is 252 Å². The van der Waals surface area contributed by atoms with E-state index in [2.05, 4.69) is 26.0 Å². The van der Waals surface area contributed by atoms with E-state index in [4.69, 9.17) is 4.52 Å². The van der Waals surface area contributed by atoms with Crippen LogP contribution in [0.3, 0.4) is 0 Å². The second kappa shape index (κ2) is 11.9. The van der Waals surface area contributed by atoms with E-state index in [1.807, 2.05) is 68.4 Å². The first-order chi connectivity index (χ1) is 20.9. The molecule has 0 radical (unpaired) electrons. The highest BCUT2D eigenvalue weighted by Crippen LogP contribution is 2.18. The first kappa shape index (κ1) is 29.8. The highest BCUT2D eigenvalue weighted by molar-refractivity contribution is 6.02. The van der Waals surface area contributed by atoms with Gasteiger partial charge >= 0.3 is 0 Å². The maximum absolute atomic E-state index is 13.2. The van der Waals surface area contributed by atoms with Crippen molar-refractivity contribution in [1.29, 1.82) is 0 Å². The zero-order valence-electron chi connectivity index (χ0n) is 24.9. The highest BCUT2D eigenvalue weighted by Gasteiger charge is 2.25. The van der Waals surface area contributed by atoms with Crippen LogP contribution in [0.2, 0.25) is 0 Å². The molecule has 0 saturated carbocycles. The number of rotatable bonds is 8.